The van der Waals surface area contributed by atoms with Crippen LogP contribution >= 0.6 is 11.6 Å². The van der Waals surface area contributed by atoms with Gasteiger partial charge in [-0.3, -0.25) is 0 Å². The van der Waals surface area contributed by atoms with E-state index >= 15 is 0 Å². The third kappa shape index (κ3) is 2.69. The molecule has 1 aliphatic heterocycles. The Kier molecular flexibility index (Phi) is 3.75. The first kappa shape index (κ1) is 14.5. The predicted octanol–water partition coefficient (Wildman–Crippen LogP) is 2.45. The predicted molar refractivity (Wildman–Crippen MR) is 75.4 cm³/mol. The molecular formula is C12H18ClN3O2S. The molecule has 1 N–H and O–H groups in total. The molecule has 2 heterocycles. The Morgan fingerprint density at radius 1 is 1.32 bits per heavy atom. The summed E-state index contributed by atoms with van der Waals surface area (Å²) >= 11 is 5.88. The molecular weight excluding hydrogens is 286 g/mol. The van der Waals surface area contributed by atoms with Crippen LogP contribution in [0, 0.1) is 0 Å². The van der Waals surface area contributed by atoms with Gasteiger partial charge in [-0.15, -0.1) is 0 Å². The van der Waals surface area contributed by atoms with E-state index in [1.165, 1.54) is 0 Å². The Labute approximate surface area is 118 Å². The van der Waals surface area contributed by atoms with Gasteiger partial charge in [-0.25, -0.2) is 13.4 Å². The number of anilines is 1. The molecule has 0 atom stereocenters. The number of rotatable bonds is 4. The number of sulfone groups is 1. The molecule has 0 aliphatic carbocycles. The monoisotopic (exact) mass is 303 g/mol. The molecule has 106 valence electrons. The zero-order valence-corrected chi connectivity index (χ0v) is 12.9. The van der Waals surface area contributed by atoms with Crippen molar-refractivity contribution in [3.8, 4) is 0 Å². The molecule has 0 fully saturated rings. The number of nitrogens with one attached hydrogen (secondary N) is 1. The summed E-state index contributed by atoms with van der Waals surface area (Å²) in [5, 5.41) is 3.33. The van der Waals surface area contributed by atoms with Crippen LogP contribution in [0.1, 0.15) is 39.3 Å². The highest BCUT2D eigenvalue weighted by atomic mass is 35.5. The van der Waals surface area contributed by atoms with Crippen LogP contribution in [0.25, 0.3) is 0 Å². The van der Waals surface area contributed by atoms with Crippen LogP contribution in [0.15, 0.2) is 4.90 Å². The summed E-state index contributed by atoms with van der Waals surface area (Å²) in [7, 11) is -3.29. The van der Waals surface area contributed by atoms with Gasteiger partial charge in [-0.2, -0.15) is 4.98 Å². The first-order valence-corrected chi connectivity index (χ1v) is 8.41. The van der Waals surface area contributed by atoms with Gasteiger partial charge >= 0.3 is 0 Å². The Morgan fingerprint density at radius 2 is 1.95 bits per heavy atom. The zero-order chi connectivity index (χ0) is 14.3. The van der Waals surface area contributed by atoms with E-state index in [0.29, 0.717) is 17.9 Å². The van der Waals surface area contributed by atoms with Crippen molar-refractivity contribution in [2.24, 2.45) is 0 Å². The SMILES string of the molecule is CCC(C)(CC)Nc1nc(Cl)nc2c1S(=O)(=O)CC2. The van der Waals surface area contributed by atoms with Crippen molar-refractivity contribution in [3.63, 3.8) is 0 Å². The third-order valence-corrected chi connectivity index (χ3v) is 5.77. The summed E-state index contributed by atoms with van der Waals surface area (Å²) in [5.41, 5.74) is 0.320. The molecule has 5 nitrogen and oxygen atoms in total. The highest BCUT2D eigenvalue weighted by Crippen LogP contribution is 2.33. The summed E-state index contributed by atoms with van der Waals surface area (Å²) < 4.78 is 24.2. The van der Waals surface area contributed by atoms with E-state index in [0.717, 1.165) is 12.8 Å². The van der Waals surface area contributed by atoms with Crippen LogP contribution in [0.4, 0.5) is 5.82 Å². The molecule has 0 bridgehead atoms. The molecule has 0 amide bonds. The second kappa shape index (κ2) is 4.90. The summed E-state index contributed by atoms with van der Waals surface area (Å²) in [5.74, 6) is 0.430. The Hall–Kier alpha value is -0.880. The molecule has 0 radical (unpaired) electrons. The minimum atomic E-state index is -3.29. The summed E-state index contributed by atoms with van der Waals surface area (Å²) in [6, 6.07) is 0. The fourth-order valence-corrected chi connectivity index (χ4v) is 3.84. The Bertz CT molecular complexity index is 597. The lowest BCUT2D eigenvalue weighted by Crippen LogP contribution is -2.34. The molecule has 0 saturated heterocycles. The summed E-state index contributed by atoms with van der Waals surface area (Å²) in [4.78, 5) is 8.34. The number of fused-ring (bicyclic) bond motifs is 1. The second-order valence-electron chi connectivity index (χ2n) is 5.08. The molecule has 19 heavy (non-hydrogen) atoms. The van der Waals surface area contributed by atoms with E-state index in [1.807, 2.05) is 20.8 Å². The maximum absolute atomic E-state index is 12.1. The summed E-state index contributed by atoms with van der Waals surface area (Å²) in [6.45, 7) is 6.14. The van der Waals surface area contributed by atoms with Crippen LogP contribution in [0.5, 0.6) is 0 Å². The van der Waals surface area contributed by atoms with Gasteiger partial charge in [0.05, 0.1) is 11.4 Å². The van der Waals surface area contributed by atoms with Crippen LogP contribution in [-0.4, -0.2) is 29.7 Å². The zero-order valence-electron chi connectivity index (χ0n) is 11.3. The van der Waals surface area contributed by atoms with Gasteiger partial charge in [0.1, 0.15) is 4.90 Å². The van der Waals surface area contributed by atoms with Crippen molar-refractivity contribution < 1.29 is 8.42 Å². The smallest absolute Gasteiger partial charge is 0.224 e. The van der Waals surface area contributed by atoms with Crippen molar-refractivity contribution in [3.05, 3.63) is 11.0 Å². The molecule has 7 heteroatoms. The lowest BCUT2D eigenvalue weighted by molar-refractivity contribution is 0.475. The van der Waals surface area contributed by atoms with Gasteiger partial charge < -0.3 is 5.32 Å². The minimum Gasteiger partial charge on any atom is -0.364 e. The van der Waals surface area contributed by atoms with Crippen molar-refractivity contribution in [2.45, 2.75) is 50.5 Å². The highest BCUT2D eigenvalue weighted by Gasteiger charge is 2.34. The number of hydrogen-bond donors (Lipinski definition) is 1. The molecule has 1 aromatic heterocycles. The van der Waals surface area contributed by atoms with Crippen molar-refractivity contribution >= 4 is 27.3 Å². The van der Waals surface area contributed by atoms with E-state index in [1.54, 1.807) is 0 Å². The first-order chi connectivity index (χ1) is 8.81. The van der Waals surface area contributed by atoms with E-state index in [4.69, 9.17) is 11.6 Å². The van der Waals surface area contributed by atoms with Crippen LogP contribution in [0.3, 0.4) is 0 Å². The van der Waals surface area contributed by atoms with Gasteiger partial charge in [0.2, 0.25) is 5.28 Å². The Balaban J connectivity index is 2.53. The highest BCUT2D eigenvalue weighted by molar-refractivity contribution is 7.91. The molecule has 1 aromatic rings. The fourth-order valence-electron chi connectivity index (χ4n) is 2.09. The Morgan fingerprint density at radius 3 is 2.53 bits per heavy atom. The van der Waals surface area contributed by atoms with Crippen molar-refractivity contribution in [1.82, 2.24) is 9.97 Å². The number of halogens is 1. The molecule has 0 spiro atoms. The number of aryl methyl sites for hydroxylation is 1. The van der Waals surface area contributed by atoms with Gasteiger partial charge in [0.15, 0.2) is 15.7 Å². The third-order valence-electron chi connectivity index (χ3n) is 3.81. The van der Waals surface area contributed by atoms with Crippen molar-refractivity contribution in [1.29, 1.82) is 0 Å². The van der Waals surface area contributed by atoms with Gasteiger partial charge in [-0.1, -0.05) is 13.8 Å². The molecule has 2 rings (SSSR count). The van der Waals surface area contributed by atoms with Crippen LogP contribution in [-0.2, 0) is 16.3 Å². The van der Waals surface area contributed by atoms with E-state index in [2.05, 4.69) is 15.3 Å². The second-order valence-corrected chi connectivity index (χ2v) is 7.46. The van der Waals surface area contributed by atoms with E-state index in [9.17, 15) is 8.42 Å². The largest absolute Gasteiger partial charge is 0.364 e. The molecule has 0 aromatic carbocycles. The quantitative estimate of drug-likeness (QED) is 0.865. The summed E-state index contributed by atoms with van der Waals surface area (Å²) in [6.07, 6.45) is 2.13. The maximum atomic E-state index is 12.1. The molecule has 1 aliphatic rings. The van der Waals surface area contributed by atoms with Crippen molar-refractivity contribution in [2.75, 3.05) is 11.1 Å². The van der Waals surface area contributed by atoms with Gasteiger partial charge in [-0.05, 0) is 31.4 Å². The first-order valence-electron chi connectivity index (χ1n) is 6.38. The topological polar surface area (TPSA) is 72.0 Å². The number of nitrogens with zero attached hydrogens (tertiary/aromatic N) is 2. The standard InChI is InChI=1S/C12H18ClN3O2S/c1-4-12(3,5-2)16-10-9-8(14-11(13)15-10)6-7-19(9,17)18/h4-7H2,1-3H3,(H,14,15,16). The van der Waals surface area contributed by atoms with Crippen LogP contribution in [0.2, 0.25) is 5.28 Å². The fraction of sp³-hybridized carbons (Fsp3) is 0.667. The minimum absolute atomic E-state index is 0.0843. The average molecular weight is 304 g/mol. The van der Waals surface area contributed by atoms with Crippen LogP contribution < -0.4 is 5.32 Å². The molecule has 0 unspecified atom stereocenters. The average Bonchev–Trinajstić information content (AvgIpc) is 2.65. The lowest BCUT2D eigenvalue weighted by atomic mass is 9.95. The normalized spacial score (nSPS) is 17.3. The van der Waals surface area contributed by atoms with Gasteiger partial charge in [0, 0.05) is 12.0 Å². The van der Waals surface area contributed by atoms with Gasteiger partial charge in [0.25, 0.3) is 0 Å². The maximum Gasteiger partial charge on any atom is 0.224 e. The number of aromatic nitrogens is 2. The van der Waals surface area contributed by atoms with E-state index in [-0.39, 0.29) is 21.5 Å². The lowest BCUT2D eigenvalue weighted by Gasteiger charge is -2.29. The number of hydrogen-bond acceptors (Lipinski definition) is 5. The van der Waals surface area contributed by atoms with E-state index < -0.39 is 9.84 Å². The molecule has 0 saturated carbocycles.